The molecule has 0 saturated heterocycles. The molecule has 0 bridgehead atoms. The van der Waals surface area contributed by atoms with Crippen LogP contribution in [0, 0.1) is 11.3 Å². The number of para-hydroxylation sites is 1. The van der Waals surface area contributed by atoms with Crippen LogP contribution in [0.15, 0.2) is 48.5 Å². The number of rotatable bonds is 7. The normalized spacial score (nSPS) is 10.0. The number of anilines is 3. The van der Waals surface area contributed by atoms with Gasteiger partial charge in [0.2, 0.25) is 11.8 Å². The lowest BCUT2D eigenvalue weighted by Gasteiger charge is -2.22. The van der Waals surface area contributed by atoms with E-state index in [2.05, 4.69) is 30.1 Å². The van der Waals surface area contributed by atoms with Crippen LogP contribution in [-0.4, -0.2) is 31.4 Å². The number of nitrogens with one attached hydrogen (secondary N) is 1. The summed E-state index contributed by atoms with van der Waals surface area (Å²) in [6.07, 6.45) is 0. The molecule has 0 aliphatic carbocycles. The van der Waals surface area contributed by atoms with Gasteiger partial charge >= 0.3 is 0 Å². The van der Waals surface area contributed by atoms with Crippen molar-refractivity contribution < 1.29 is 9.59 Å². The molecule has 0 spiro atoms. The van der Waals surface area contributed by atoms with Crippen molar-refractivity contribution >= 4 is 28.9 Å². The lowest BCUT2D eigenvalue weighted by Crippen LogP contribution is -2.37. The van der Waals surface area contributed by atoms with Crippen LogP contribution in [-0.2, 0) is 9.59 Å². The SMILES string of the molecule is CCN(CC)c1ccc(NC(=O)CN(C(C)=O)c2ccccc2C#N)cc1. The van der Waals surface area contributed by atoms with Gasteiger partial charge in [-0.25, -0.2) is 0 Å². The molecule has 0 radical (unpaired) electrons. The van der Waals surface area contributed by atoms with Crippen molar-refractivity contribution in [3.05, 3.63) is 54.1 Å². The molecule has 2 rings (SSSR count). The van der Waals surface area contributed by atoms with Crippen LogP contribution in [0.2, 0.25) is 0 Å². The van der Waals surface area contributed by atoms with Crippen molar-refractivity contribution in [2.45, 2.75) is 20.8 Å². The molecule has 1 N–H and O–H groups in total. The maximum absolute atomic E-state index is 12.4. The van der Waals surface area contributed by atoms with Crippen LogP contribution < -0.4 is 15.1 Å². The van der Waals surface area contributed by atoms with E-state index < -0.39 is 0 Å². The number of benzene rings is 2. The Balaban J connectivity index is 2.11. The van der Waals surface area contributed by atoms with Gasteiger partial charge < -0.3 is 15.1 Å². The van der Waals surface area contributed by atoms with E-state index in [1.54, 1.807) is 24.3 Å². The Labute approximate surface area is 160 Å². The van der Waals surface area contributed by atoms with Crippen LogP contribution in [0.25, 0.3) is 0 Å². The lowest BCUT2D eigenvalue weighted by atomic mass is 10.1. The maximum atomic E-state index is 12.4. The molecule has 0 heterocycles. The largest absolute Gasteiger partial charge is 0.372 e. The van der Waals surface area contributed by atoms with E-state index >= 15 is 0 Å². The second-order valence-electron chi connectivity index (χ2n) is 6.00. The van der Waals surface area contributed by atoms with E-state index in [-0.39, 0.29) is 18.4 Å². The van der Waals surface area contributed by atoms with Gasteiger partial charge in [0, 0.05) is 31.4 Å². The maximum Gasteiger partial charge on any atom is 0.244 e. The Morgan fingerprint density at radius 2 is 1.67 bits per heavy atom. The summed E-state index contributed by atoms with van der Waals surface area (Å²) in [6.45, 7) is 7.22. The molecule has 0 aromatic heterocycles. The van der Waals surface area contributed by atoms with Crippen LogP contribution in [0.5, 0.6) is 0 Å². The van der Waals surface area contributed by atoms with Gasteiger partial charge in [-0.3, -0.25) is 9.59 Å². The third-order valence-electron chi connectivity index (χ3n) is 4.28. The zero-order valence-corrected chi connectivity index (χ0v) is 15.9. The monoisotopic (exact) mass is 364 g/mol. The van der Waals surface area contributed by atoms with Gasteiger partial charge in [0.1, 0.15) is 12.6 Å². The highest BCUT2D eigenvalue weighted by atomic mass is 16.2. The molecule has 0 atom stereocenters. The molecule has 27 heavy (non-hydrogen) atoms. The summed E-state index contributed by atoms with van der Waals surface area (Å²) in [5, 5.41) is 12.0. The van der Waals surface area contributed by atoms with Crippen molar-refractivity contribution in [3.63, 3.8) is 0 Å². The minimum absolute atomic E-state index is 0.161. The van der Waals surface area contributed by atoms with E-state index in [1.807, 2.05) is 24.3 Å². The molecule has 0 aliphatic rings. The van der Waals surface area contributed by atoms with Gasteiger partial charge in [-0.05, 0) is 50.2 Å². The van der Waals surface area contributed by atoms with Gasteiger partial charge in [0.05, 0.1) is 11.3 Å². The predicted octanol–water partition coefficient (Wildman–Crippen LogP) is 3.40. The van der Waals surface area contributed by atoms with Crippen LogP contribution in [0.4, 0.5) is 17.1 Å². The Bertz CT molecular complexity index is 836. The molecule has 140 valence electrons. The third kappa shape index (κ3) is 5.08. The summed E-state index contributed by atoms with van der Waals surface area (Å²) in [5.74, 6) is -0.627. The molecule has 6 heteroatoms. The van der Waals surface area contributed by atoms with Crippen LogP contribution >= 0.6 is 0 Å². The number of nitriles is 1. The first-order chi connectivity index (χ1) is 13.0. The highest BCUT2D eigenvalue weighted by molar-refractivity contribution is 6.02. The fourth-order valence-corrected chi connectivity index (χ4v) is 2.86. The van der Waals surface area contributed by atoms with Gasteiger partial charge in [-0.15, -0.1) is 0 Å². The molecule has 2 aromatic carbocycles. The summed E-state index contributed by atoms with van der Waals surface area (Å²) in [7, 11) is 0. The van der Waals surface area contributed by atoms with Gasteiger partial charge in [-0.2, -0.15) is 5.26 Å². The van der Waals surface area contributed by atoms with Gasteiger partial charge in [-0.1, -0.05) is 12.1 Å². The summed E-state index contributed by atoms with van der Waals surface area (Å²) in [6, 6.07) is 16.4. The minimum atomic E-state index is -0.325. The molecule has 0 fully saturated rings. The highest BCUT2D eigenvalue weighted by Gasteiger charge is 2.18. The standard InChI is InChI=1S/C21H24N4O2/c1-4-24(5-2)19-12-10-18(11-13-19)23-21(27)15-25(16(3)26)20-9-7-6-8-17(20)14-22/h6-13H,4-5,15H2,1-3H3,(H,23,27). The average Bonchev–Trinajstić information content (AvgIpc) is 2.68. The smallest absolute Gasteiger partial charge is 0.244 e. The summed E-state index contributed by atoms with van der Waals surface area (Å²) >= 11 is 0. The molecular weight excluding hydrogens is 340 g/mol. The Hall–Kier alpha value is -3.33. The summed E-state index contributed by atoms with van der Waals surface area (Å²) < 4.78 is 0. The predicted molar refractivity (Wildman–Crippen MR) is 108 cm³/mol. The number of hydrogen-bond donors (Lipinski definition) is 1. The van der Waals surface area contributed by atoms with E-state index in [9.17, 15) is 14.9 Å². The zero-order valence-electron chi connectivity index (χ0n) is 15.9. The van der Waals surface area contributed by atoms with E-state index in [1.165, 1.54) is 11.8 Å². The third-order valence-corrected chi connectivity index (χ3v) is 4.28. The first-order valence-electron chi connectivity index (χ1n) is 8.92. The van der Waals surface area contributed by atoms with Crippen molar-refractivity contribution in [2.75, 3.05) is 34.8 Å². The van der Waals surface area contributed by atoms with E-state index in [0.29, 0.717) is 16.9 Å². The second-order valence-corrected chi connectivity index (χ2v) is 6.00. The van der Waals surface area contributed by atoms with E-state index in [0.717, 1.165) is 18.8 Å². The fourth-order valence-electron chi connectivity index (χ4n) is 2.86. The van der Waals surface area contributed by atoms with Crippen LogP contribution in [0.3, 0.4) is 0 Å². The molecule has 0 unspecified atom stereocenters. The number of carbonyl (C=O) groups excluding carboxylic acids is 2. The molecule has 0 saturated carbocycles. The lowest BCUT2D eigenvalue weighted by molar-refractivity contribution is -0.120. The molecular formula is C21H24N4O2. The topological polar surface area (TPSA) is 76.4 Å². The number of hydrogen-bond acceptors (Lipinski definition) is 4. The van der Waals surface area contributed by atoms with Crippen molar-refractivity contribution in [2.24, 2.45) is 0 Å². The zero-order chi connectivity index (χ0) is 19.8. The van der Waals surface area contributed by atoms with Gasteiger partial charge in [0.25, 0.3) is 0 Å². The summed E-state index contributed by atoms with van der Waals surface area (Å²) in [4.78, 5) is 28.0. The van der Waals surface area contributed by atoms with Crippen molar-refractivity contribution in [3.8, 4) is 6.07 Å². The quantitative estimate of drug-likeness (QED) is 0.817. The minimum Gasteiger partial charge on any atom is -0.372 e. The Kier molecular flexibility index (Phi) is 6.95. The Morgan fingerprint density at radius 1 is 1.04 bits per heavy atom. The first-order valence-corrected chi connectivity index (χ1v) is 8.92. The molecule has 2 aromatic rings. The Morgan fingerprint density at radius 3 is 2.22 bits per heavy atom. The molecule has 2 amide bonds. The van der Waals surface area contributed by atoms with Crippen LogP contribution in [0.1, 0.15) is 26.3 Å². The second kappa shape index (κ2) is 9.39. The van der Waals surface area contributed by atoms with Crippen molar-refractivity contribution in [1.29, 1.82) is 5.26 Å². The van der Waals surface area contributed by atoms with Gasteiger partial charge in [0.15, 0.2) is 0 Å². The van der Waals surface area contributed by atoms with E-state index in [4.69, 9.17) is 0 Å². The van der Waals surface area contributed by atoms with Crippen molar-refractivity contribution in [1.82, 2.24) is 0 Å². The number of amides is 2. The summed E-state index contributed by atoms with van der Waals surface area (Å²) in [5.41, 5.74) is 2.53. The molecule has 6 nitrogen and oxygen atoms in total. The average molecular weight is 364 g/mol. The molecule has 0 aliphatic heterocycles. The fraction of sp³-hybridized carbons (Fsp3) is 0.286. The first kappa shape index (κ1) is 20.0. The number of nitrogens with zero attached hydrogens (tertiary/aromatic N) is 3. The highest BCUT2D eigenvalue weighted by Crippen LogP contribution is 2.21. The number of carbonyl (C=O) groups is 2.